The molecule has 0 saturated carbocycles. The lowest BCUT2D eigenvalue weighted by molar-refractivity contribution is -0.155. The van der Waals surface area contributed by atoms with Crippen LogP contribution >= 0.6 is 0 Å². The Morgan fingerprint density at radius 2 is 1.52 bits per heavy atom. The molecule has 0 aromatic heterocycles. The van der Waals surface area contributed by atoms with E-state index in [1.54, 1.807) is 6.92 Å². The molecule has 6 heteroatoms. The first-order valence-electron chi connectivity index (χ1n) is 7.63. The van der Waals surface area contributed by atoms with Crippen molar-refractivity contribution in [2.45, 2.75) is 40.0 Å². The Hall–Kier alpha value is -2.24. The zero-order valence-electron chi connectivity index (χ0n) is 13.6. The molecular weight excluding hydrogens is 300 g/mol. The van der Waals surface area contributed by atoms with Crippen LogP contribution in [0.3, 0.4) is 0 Å². The minimum atomic E-state index is -0.399. The maximum atomic E-state index is 11.0. The maximum Gasteiger partial charge on any atom is 0.317 e. The molecule has 126 valence electrons. The number of allylic oxidation sites excluding steroid dienone is 4. The van der Waals surface area contributed by atoms with Gasteiger partial charge in [-0.1, -0.05) is 31.2 Å². The summed E-state index contributed by atoms with van der Waals surface area (Å²) in [6, 6.07) is 0. The van der Waals surface area contributed by atoms with Gasteiger partial charge in [0.25, 0.3) is 0 Å². The van der Waals surface area contributed by atoms with E-state index in [1.807, 2.05) is 38.2 Å². The summed E-state index contributed by atoms with van der Waals surface area (Å²) in [5.41, 5.74) is 0. The van der Waals surface area contributed by atoms with E-state index in [-0.39, 0.29) is 36.1 Å². The van der Waals surface area contributed by atoms with Crippen LogP contribution in [0.1, 0.15) is 40.0 Å². The lowest BCUT2D eigenvalue weighted by Gasteiger charge is -2.03. The molecule has 2 saturated heterocycles. The maximum absolute atomic E-state index is 11.0. The Morgan fingerprint density at radius 3 is 1.96 bits per heavy atom. The van der Waals surface area contributed by atoms with Crippen molar-refractivity contribution >= 4 is 23.9 Å². The molecule has 2 aliphatic rings. The number of ether oxygens (including phenoxy) is 2. The highest BCUT2D eigenvalue weighted by atomic mass is 16.6. The van der Waals surface area contributed by atoms with Gasteiger partial charge >= 0.3 is 23.9 Å². The second kappa shape index (κ2) is 9.02. The topological polar surface area (TPSA) is 86.7 Å². The summed E-state index contributed by atoms with van der Waals surface area (Å²) >= 11 is 0. The molecule has 2 aliphatic heterocycles. The van der Waals surface area contributed by atoms with Gasteiger partial charge in [0.2, 0.25) is 0 Å². The molecular formula is C17H22O6. The van der Waals surface area contributed by atoms with Crippen LogP contribution in [0.4, 0.5) is 0 Å². The molecule has 0 aromatic carbocycles. The van der Waals surface area contributed by atoms with Crippen molar-refractivity contribution in [2.75, 3.05) is 0 Å². The average Bonchev–Trinajstić information content (AvgIpc) is 2.95. The first-order valence-corrected chi connectivity index (χ1v) is 7.63. The molecule has 2 fully saturated rings. The Morgan fingerprint density at radius 1 is 0.913 bits per heavy atom. The van der Waals surface area contributed by atoms with Gasteiger partial charge in [-0.25, -0.2) is 0 Å². The van der Waals surface area contributed by atoms with Gasteiger partial charge in [0.05, 0.1) is 24.2 Å². The van der Waals surface area contributed by atoms with Crippen LogP contribution in [-0.4, -0.2) is 23.9 Å². The molecule has 3 unspecified atom stereocenters. The summed E-state index contributed by atoms with van der Waals surface area (Å²) in [4.78, 5) is 43.3. The minimum Gasteiger partial charge on any atom is -0.393 e. The van der Waals surface area contributed by atoms with E-state index in [1.165, 1.54) is 0 Å². The van der Waals surface area contributed by atoms with Crippen LogP contribution < -0.4 is 0 Å². The second-order valence-corrected chi connectivity index (χ2v) is 5.44. The smallest absolute Gasteiger partial charge is 0.317 e. The first kappa shape index (κ1) is 18.8. The summed E-state index contributed by atoms with van der Waals surface area (Å²) in [7, 11) is 0. The van der Waals surface area contributed by atoms with Crippen molar-refractivity contribution < 1.29 is 28.7 Å². The van der Waals surface area contributed by atoms with Gasteiger partial charge < -0.3 is 9.47 Å². The third kappa shape index (κ3) is 5.47. The van der Waals surface area contributed by atoms with Gasteiger partial charge in [0.1, 0.15) is 0 Å². The van der Waals surface area contributed by atoms with Crippen molar-refractivity contribution in [3.63, 3.8) is 0 Å². The van der Waals surface area contributed by atoms with E-state index in [2.05, 4.69) is 9.47 Å². The highest BCUT2D eigenvalue weighted by molar-refractivity contribution is 5.96. The summed E-state index contributed by atoms with van der Waals surface area (Å²) in [5.74, 6) is -2.35. The first-order chi connectivity index (χ1) is 10.9. The monoisotopic (exact) mass is 322 g/mol. The average molecular weight is 322 g/mol. The summed E-state index contributed by atoms with van der Waals surface area (Å²) in [5, 5.41) is 0. The van der Waals surface area contributed by atoms with E-state index in [0.29, 0.717) is 12.8 Å². The molecule has 0 amide bonds. The van der Waals surface area contributed by atoms with Crippen LogP contribution in [0.2, 0.25) is 0 Å². The Bertz CT molecular complexity index is 531. The van der Waals surface area contributed by atoms with Gasteiger partial charge in [-0.3, -0.25) is 19.2 Å². The van der Waals surface area contributed by atoms with Crippen molar-refractivity contribution in [1.82, 2.24) is 0 Å². The third-order valence-electron chi connectivity index (χ3n) is 3.72. The fourth-order valence-electron chi connectivity index (χ4n) is 2.22. The van der Waals surface area contributed by atoms with E-state index in [4.69, 9.17) is 0 Å². The fraction of sp³-hybridized carbons (Fsp3) is 0.529. The highest BCUT2D eigenvalue weighted by Crippen LogP contribution is 2.26. The highest BCUT2D eigenvalue weighted by Gasteiger charge is 2.40. The Labute approximate surface area is 135 Å². The molecule has 0 spiro atoms. The zero-order valence-corrected chi connectivity index (χ0v) is 13.6. The zero-order chi connectivity index (χ0) is 17.4. The van der Waals surface area contributed by atoms with E-state index in [9.17, 15) is 19.2 Å². The lowest BCUT2D eigenvalue weighted by Crippen LogP contribution is -2.13. The van der Waals surface area contributed by atoms with Crippen molar-refractivity contribution in [2.24, 2.45) is 17.8 Å². The number of carbonyl (C=O) groups is 4. The van der Waals surface area contributed by atoms with Gasteiger partial charge in [-0.15, -0.1) is 0 Å². The third-order valence-corrected chi connectivity index (χ3v) is 3.72. The summed E-state index contributed by atoms with van der Waals surface area (Å²) in [6.45, 7) is 5.48. The largest absolute Gasteiger partial charge is 0.393 e. The normalized spacial score (nSPS) is 27.3. The van der Waals surface area contributed by atoms with Gasteiger partial charge in [-0.05, 0) is 26.7 Å². The molecule has 0 aromatic rings. The number of hydrogen-bond acceptors (Lipinski definition) is 6. The SMILES string of the molecule is C/C=C/CC1C(=O)OC(=O)C1C.C/C=C/CC1CC(=O)OC1=O. The standard InChI is InChI=1S/C9H12O3.C8H10O3/c1-3-4-5-7-6(2)8(10)12-9(7)11;1-2-3-4-6-5-7(9)11-8(6)10/h3-4,6-7H,5H2,1-2H3;2-3,6H,4-5H2,1H3/b4-3+;3-2+. The molecule has 0 aliphatic carbocycles. The fourth-order valence-corrected chi connectivity index (χ4v) is 2.22. The van der Waals surface area contributed by atoms with E-state index < -0.39 is 11.9 Å². The van der Waals surface area contributed by atoms with Crippen LogP contribution in [-0.2, 0) is 28.7 Å². The van der Waals surface area contributed by atoms with Gasteiger partial charge in [0.15, 0.2) is 0 Å². The Kier molecular flexibility index (Phi) is 7.38. The van der Waals surface area contributed by atoms with Crippen LogP contribution in [0.5, 0.6) is 0 Å². The predicted molar refractivity (Wildman–Crippen MR) is 81.8 cm³/mol. The van der Waals surface area contributed by atoms with E-state index >= 15 is 0 Å². The molecule has 6 nitrogen and oxygen atoms in total. The number of carbonyl (C=O) groups excluding carboxylic acids is 4. The predicted octanol–water partition coefficient (Wildman–Crippen LogP) is 2.33. The van der Waals surface area contributed by atoms with Crippen molar-refractivity contribution in [1.29, 1.82) is 0 Å². The number of cyclic esters (lactones) is 4. The minimum absolute atomic E-state index is 0.237. The number of esters is 4. The summed E-state index contributed by atoms with van der Waals surface area (Å²) in [6.07, 6.45) is 8.91. The quantitative estimate of drug-likeness (QED) is 0.448. The molecule has 2 heterocycles. The van der Waals surface area contributed by atoms with Crippen molar-refractivity contribution in [3.8, 4) is 0 Å². The van der Waals surface area contributed by atoms with Gasteiger partial charge in [-0.2, -0.15) is 0 Å². The number of hydrogen-bond donors (Lipinski definition) is 0. The van der Waals surface area contributed by atoms with E-state index in [0.717, 1.165) is 0 Å². The van der Waals surface area contributed by atoms with Gasteiger partial charge in [0, 0.05) is 0 Å². The molecule has 0 radical (unpaired) electrons. The van der Waals surface area contributed by atoms with Crippen LogP contribution in [0, 0.1) is 17.8 Å². The molecule has 3 atom stereocenters. The molecule has 0 bridgehead atoms. The lowest BCUT2D eigenvalue weighted by atomic mass is 9.93. The summed E-state index contributed by atoms with van der Waals surface area (Å²) < 4.78 is 8.83. The molecule has 2 rings (SSSR count). The van der Waals surface area contributed by atoms with Crippen LogP contribution in [0.25, 0.3) is 0 Å². The molecule has 23 heavy (non-hydrogen) atoms. The number of rotatable bonds is 4. The van der Waals surface area contributed by atoms with Crippen LogP contribution in [0.15, 0.2) is 24.3 Å². The Balaban J connectivity index is 0.000000231. The van der Waals surface area contributed by atoms with Crippen molar-refractivity contribution in [3.05, 3.63) is 24.3 Å². The second-order valence-electron chi connectivity index (χ2n) is 5.44. The molecule has 0 N–H and O–H groups in total.